The molecule has 0 atom stereocenters. The molecule has 0 unspecified atom stereocenters. The summed E-state index contributed by atoms with van der Waals surface area (Å²) in [7, 11) is 3.49. The summed E-state index contributed by atoms with van der Waals surface area (Å²) in [5.74, 6) is -0.325. The van der Waals surface area contributed by atoms with E-state index in [2.05, 4.69) is 10.2 Å². The minimum atomic E-state index is -1.80. The number of anilines is 1. The van der Waals surface area contributed by atoms with Gasteiger partial charge in [0, 0.05) is 37.1 Å². The minimum absolute atomic E-state index is 0.174. The van der Waals surface area contributed by atoms with Crippen LogP contribution in [-0.2, 0) is 31.1 Å². The lowest BCUT2D eigenvalue weighted by atomic mass is 9.91. The molecule has 2 heterocycles. The van der Waals surface area contributed by atoms with Crippen molar-refractivity contribution in [3.05, 3.63) is 67.5 Å². The summed E-state index contributed by atoms with van der Waals surface area (Å²) in [5, 5.41) is 18.3. The lowest BCUT2D eigenvalue weighted by Crippen LogP contribution is -2.42. The van der Waals surface area contributed by atoms with E-state index in [9.17, 15) is 19.5 Å². The van der Waals surface area contributed by atoms with Crippen LogP contribution in [0.25, 0.3) is 0 Å². The number of carbonyl (C=O) groups excluding carboxylic acids is 3. The molecule has 3 aromatic rings. The number of esters is 1. The third kappa shape index (κ3) is 6.92. The number of amides is 1. The van der Waals surface area contributed by atoms with Crippen molar-refractivity contribution in [2.24, 2.45) is 0 Å². The van der Waals surface area contributed by atoms with E-state index < -0.39 is 11.6 Å². The first-order valence-electron chi connectivity index (χ1n) is 13.1. The molecule has 1 aliphatic carbocycles. The Morgan fingerprint density at radius 3 is 2.35 bits per heavy atom. The molecule has 1 aliphatic rings. The first-order chi connectivity index (χ1) is 19.3. The summed E-state index contributed by atoms with van der Waals surface area (Å²) < 4.78 is 11.2. The molecule has 8 nitrogen and oxygen atoms in total. The van der Waals surface area contributed by atoms with Crippen LogP contribution in [0.1, 0.15) is 47.4 Å². The van der Waals surface area contributed by atoms with Crippen LogP contribution in [0.3, 0.4) is 0 Å². The molecule has 4 rings (SSSR count). The van der Waals surface area contributed by atoms with Crippen molar-refractivity contribution in [3.8, 4) is 5.75 Å². The van der Waals surface area contributed by atoms with E-state index in [1.807, 2.05) is 29.9 Å². The van der Waals surface area contributed by atoms with Crippen molar-refractivity contribution in [2.75, 3.05) is 26.0 Å². The van der Waals surface area contributed by atoms with E-state index in [0.29, 0.717) is 51.2 Å². The highest BCUT2D eigenvalue weighted by molar-refractivity contribution is 7.12. The summed E-state index contributed by atoms with van der Waals surface area (Å²) in [5.41, 5.74) is -0.706. The average molecular weight is 605 g/mol. The Bertz CT molecular complexity index is 1260. The number of rotatable bonds is 12. The average Bonchev–Trinajstić information content (AvgIpc) is 3.69. The zero-order valence-corrected chi connectivity index (χ0v) is 24.8. The van der Waals surface area contributed by atoms with E-state index in [0.717, 1.165) is 19.1 Å². The van der Waals surface area contributed by atoms with Crippen LogP contribution in [0.4, 0.5) is 5.69 Å². The first kappa shape index (κ1) is 30.2. The fraction of sp³-hybridized carbons (Fsp3) is 0.414. The topological polar surface area (TPSA) is 105 Å². The molecule has 0 aliphatic heterocycles. The van der Waals surface area contributed by atoms with Crippen molar-refractivity contribution in [2.45, 2.75) is 56.3 Å². The predicted molar refractivity (Wildman–Crippen MR) is 157 cm³/mol. The summed E-state index contributed by atoms with van der Waals surface area (Å²) >= 11 is 8.96. The standard InChI is InChI=1S/C29H33ClN2O6S2/c1-32(13-11-27(34)31-23-18-24(37-2)19(12-14-33)17-22(23)30)20-7-9-21(10-8-20)38-28(35)29(36,25-5-3-15-39-25)26-6-4-16-40-26/h3-6,14-18,20-21,36H,7-13H2,1-2H3,(H,31,34). The monoisotopic (exact) mass is 604 g/mol. The molecule has 1 aromatic carbocycles. The second-order valence-corrected chi connectivity index (χ2v) is 12.1. The number of carbonyl (C=O) groups is 3. The molecule has 1 saturated carbocycles. The Morgan fingerprint density at radius 1 is 1.15 bits per heavy atom. The Morgan fingerprint density at radius 2 is 1.80 bits per heavy atom. The fourth-order valence-electron chi connectivity index (χ4n) is 4.93. The third-order valence-corrected chi connectivity index (χ3v) is 9.50. The molecular weight excluding hydrogens is 572 g/mol. The number of aldehydes is 1. The molecule has 40 heavy (non-hydrogen) atoms. The molecule has 0 radical (unpaired) electrons. The molecule has 1 fully saturated rings. The lowest BCUT2D eigenvalue weighted by molar-refractivity contribution is -0.169. The van der Waals surface area contributed by atoms with E-state index in [-0.39, 0.29) is 30.9 Å². The van der Waals surface area contributed by atoms with Crippen LogP contribution in [-0.4, -0.2) is 61.0 Å². The second kappa shape index (κ2) is 13.7. The van der Waals surface area contributed by atoms with Crippen molar-refractivity contribution < 1.29 is 29.0 Å². The quantitative estimate of drug-likeness (QED) is 0.214. The zero-order chi connectivity index (χ0) is 28.7. The van der Waals surface area contributed by atoms with Crippen LogP contribution in [0.5, 0.6) is 5.75 Å². The third-order valence-electron chi connectivity index (χ3n) is 7.23. The Hall–Kier alpha value is -2.76. The van der Waals surface area contributed by atoms with E-state index >= 15 is 0 Å². The summed E-state index contributed by atoms with van der Waals surface area (Å²) in [6.07, 6.45) is 3.94. The van der Waals surface area contributed by atoms with Gasteiger partial charge in [0.2, 0.25) is 11.5 Å². The molecule has 214 valence electrons. The maximum absolute atomic E-state index is 13.2. The Labute approximate surface area is 246 Å². The molecule has 2 N–H and O–H groups in total. The number of thiophene rings is 2. The number of nitrogens with one attached hydrogen (secondary N) is 1. The highest BCUT2D eigenvalue weighted by Crippen LogP contribution is 2.38. The van der Waals surface area contributed by atoms with Gasteiger partial charge in [-0.2, -0.15) is 0 Å². The van der Waals surface area contributed by atoms with Gasteiger partial charge in [0.25, 0.3) is 0 Å². The van der Waals surface area contributed by atoms with Crippen LogP contribution in [0.15, 0.2) is 47.2 Å². The maximum Gasteiger partial charge on any atom is 0.349 e. The fourth-order valence-corrected chi connectivity index (χ4v) is 6.88. The van der Waals surface area contributed by atoms with Crippen LogP contribution in [0, 0.1) is 0 Å². The largest absolute Gasteiger partial charge is 0.496 e. The number of ether oxygens (including phenoxy) is 2. The van der Waals surface area contributed by atoms with Gasteiger partial charge in [-0.05, 0) is 61.7 Å². The normalized spacial score (nSPS) is 17.4. The Kier molecular flexibility index (Phi) is 10.4. The highest BCUT2D eigenvalue weighted by Gasteiger charge is 2.45. The number of hydrogen-bond donors (Lipinski definition) is 2. The van der Waals surface area contributed by atoms with Gasteiger partial charge in [-0.3, -0.25) is 4.79 Å². The summed E-state index contributed by atoms with van der Waals surface area (Å²) in [6, 6.07) is 10.6. The van der Waals surface area contributed by atoms with Gasteiger partial charge in [-0.15, -0.1) is 22.7 Å². The van der Waals surface area contributed by atoms with Crippen LogP contribution < -0.4 is 10.1 Å². The highest BCUT2D eigenvalue weighted by atomic mass is 35.5. The smallest absolute Gasteiger partial charge is 0.349 e. The van der Waals surface area contributed by atoms with Crippen LogP contribution >= 0.6 is 34.3 Å². The van der Waals surface area contributed by atoms with E-state index in [1.54, 1.807) is 24.3 Å². The van der Waals surface area contributed by atoms with Crippen molar-refractivity contribution in [1.29, 1.82) is 0 Å². The lowest BCUT2D eigenvalue weighted by Gasteiger charge is -2.35. The molecule has 0 spiro atoms. The van der Waals surface area contributed by atoms with Crippen LogP contribution in [0.2, 0.25) is 5.02 Å². The van der Waals surface area contributed by atoms with Gasteiger partial charge < -0.3 is 29.6 Å². The number of benzene rings is 1. The Balaban J connectivity index is 1.26. The number of aliphatic hydroxyl groups is 1. The van der Waals surface area contributed by atoms with Gasteiger partial charge >= 0.3 is 5.97 Å². The molecule has 11 heteroatoms. The summed E-state index contributed by atoms with van der Waals surface area (Å²) in [4.78, 5) is 40.0. The van der Waals surface area contributed by atoms with Gasteiger partial charge in [-0.25, -0.2) is 4.79 Å². The number of hydrogen-bond acceptors (Lipinski definition) is 9. The first-order valence-corrected chi connectivity index (χ1v) is 15.2. The number of nitrogens with zero attached hydrogens (tertiary/aromatic N) is 1. The minimum Gasteiger partial charge on any atom is -0.496 e. The molecule has 1 amide bonds. The van der Waals surface area contributed by atoms with Crippen molar-refractivity contribution in [1.82, 2.24) is 4.90 Å². The second-order valence-electron chi connectivity index (χ2n) is 9.79. The van der Waals surface area contributed by atoms with Gasteiger partial charge in [0.15, 0.2) is 0 Å². The SMILES string of the molecule is COc1cc(NC(=O)CCN(C)C2CCC(OC(=O)C(O)(c3cccs3)c3cccs3)CC2)c(Cl)cc1CC=O. The van der Waals surface area contributed by atoms with E-state index in [4.69, 9.17) is 21.1 Å². The molecule has 2 aromatic heterocycles. The number of halogens is 1. The van der Waals surface area contributed by atoms with Crippen molar-refractivity contribution >= 4 is 58.1 Å². The van der Waals surface area contributed by atoms with Crippen molar-refractivity contribution in [3.63, 3.8) is 0 Å². The maximum atomic E-state index is 13.2. The molecular formula is C29H33ClN2O6S2. The zero-order valence-electron chi connectivity index (χ0n) is 22.4. The molecule has 0 bridgehead atoms. The predicted octanol–water partition coefficient (Wildman–Crippen LogP) is 5.26. The van der Waals surface area contributed by atoms with Gasteiger partial charge in [-0.1, -0.05) is 23.7 Å². The summed E-state index contributed by atoms with van der Waals surface area (Å²) in [6.45, 7) is 0.551. The number of methoxy groups -OCH3 is 1. The van der Waals surface area contributed by atoms with E-state index in [1.165, 1.54) is 29.8 Å². The van der Waals surface area contributed by atoms with Gasteiger partial charge in [0.05, 0.1) is 27.6 Å². The van der Waals surface area contributed by atoms with Gasteiger partial charge in [0.1, 0.15) is 18.1 Å². The molecule has 0 saturated heterocycles.